The summed E-state index contributed by atoms with van der Waals surface area (Å²) >= 11 is 0. The fraction of sp³-hybridized carbons (Fsp3) is 0.160. The van der Waals surface area contributed by atoms with Crippen molar-refractivity contribution in [2.24, 2.45) is 4.99 Å². The molecule has 0 fully saturated rings. The standard InChI is InChI=1S/C25H21N5O3/c1-32-15-18-11-7-13-20(26-18)24-29-30-25(33-24)28-23-21(31)14-17-10-5-6-12-19(17)22(27-23)16-8-3-2-4-9-16/h2-13,23H,14-15H2,1H3,(H,28,30). The predicted octanol–water partition coefficient (Wildman–Crippen LogP) is 3.68. The number of rotatable bonds is 6. The molecule has 0 amide bonds. The van der Waals surface area contributed by atoms with Gasteiger partial charge in [0.15, 0.2) is 11.9 Å². The molecule has 8 heteroatoms. The van der Waals surface area contributed by atoms with Gasteiger partial charge >= 0.3 is 6.01 Å². The number of carbonyl (C=O) groups is 1. The van der Waals surface area contributed by atoms with Crippen molar-refractivity contribution in [3.63, 3.8) is 0 Å². The SMILES string of the molecule is COCc1cccc(-c2nnc(NC3N=C(c4ccccc4)c4ccccc4CC3=O)o2)n1. The molecule has 3 heterocycles. The number of methoxy groups -OCH3 is 1. The van der Waals surface area contributed by atoms with Gasteiger partial charge in [0, 0.05) is 24.7 Å². The average Bonchev–Trinajstić information content (AvgIpc) is 3.26. The Labute approximate surface area is 190 Å². The minimum absolute atomic E-state index is 0.0895. The number of anilines is 1. The molecular formula is C25H21N5O3. The summed E-state index contributed by atoms with van der Waals surface area (Å²) in [4.78, 5) is 22.3. The highest BCUT2D eigenvalue weighted by atomic mass is 16.5. The topological polar surface area (TPSA) is 102 Å². The summed E-state index contributed by atoms with van der Waals surface area (Å²) < 4.78 is 10.9. The number of fused-ring (bicyclic) bond motifs is 1. The molecule has 164 valence electrons. The molecule has 5 rings (SSSR count). The number of pyridine rings is 1. The summed E-state index contributed by atoms with van der Waals surface area (Å²) in [5, 5.41) is 11.1. The second kappa shape index (κ2) is 9.13. The molecule has 0 saturated heterocycles. The molecule has 0 saturated carbocycles. The maximum atomic E-state index is 13.1. The second-order valence-electron chi connectivity index (χ2n) is 7.55. The van der Waals surface area contributed by atoms with E-state index in [-0.39, 0.29) is 24.1 Å². The van der Waals surface area contributed by atoms with Crippen LogP contribution in [-0.4, -0.2) is 40.0 Å². The van der Waals surface area contributed by atoms with Crippen LogP contribution in [0.4, 0.5) is 6.01 Å². The summed E-state index contributed by atoms with van der Waals surface area (Å²) in [5.74, 6) is 0.153. The molecule has 1 aliphatic rings. The molecule has 2 aromatic heterocycles. The zero-order valence-electron chi connectivity index (χ0n) is 17.9. The lowest BCUT2D eigenvalue weighted by Crippen LogP contribution is -2.29. The van der Waals surface area contributed by atoms with Crippen molar-refractivity contribution < 1.29 is 13.9 Å². The van der Waals surface area contributed by atoms with Crippen molar-refractivity contribution in [1.82, 2.24) is 15.2 Å². The van der Waals surface area contributed by atoms with Crippen molar-refractivity contribution in [2.75, 3.05) is 12.4 Å². The zero-order chi connectivity index (χ0) is 22.6. The fourth-order valence-electron chi connectivity index (χ4n) is 3.73. The summed E-state index contributed by atoms with van der Waals surface area (Å²) in [5.41, 5.74) is 4.81. The van der Waals surface area contributed by atoms with Gasteiger partial charge in [-0.1, -0.05) is 65.8 Å². The monoisotopic (exact) mass is 439 g/mol. The third kappa shape index (κ3) is 4.42. The number of aromatic nitrogens is 3. The normalized spacial score (nSPS) is 15.5. The molecule has 1 aliphatic heterocycles. The van der Waals surface area contributed by atoms with Gasteiger partial charge in [-0.25, -0.2) is 4.98 Å². The van der Waals surface area contributed by atoms with Crippen LogP contribution < -0.4 is 5.32 Å². The van der Waals surface area contributed by atoms with Crippen LogP contribution in [0.15, 0.2) is 82.2 Å². The number of benzene rings is 2. The minimum Gasteiger partial charge on any atom is -0.402 e. The molecule has 4 aromatic rings. The van der Waals surface area contributed by atoms with E-state index < -0.39 is 6.17 Å². The molecule has 0 bridgehead atoms. The summed E-state index contributed by atoms with van der Waals surface area (Å²) in [6.45, 7) is 0.376. The van der Waals surface area contributed by atoms with Crippen LogP contribution >= 0.6 is 0 Å². The lowest BCUT2D eigenvalue weighted by Gasteiger charge is -2.11. The van der Waals surface area contributed by atoms with Gasteiger partial charge < -0.3 is 14.5 Å². The maximum Gasteiger partial charge on any atom is 0.317 e. The van der Waals surface area contributed by atoms with Crippen LogP contribution in [0.5, 0.6) is 0 Å². The number of hydrogen-bond acceptors (Lipinski definition) is 8. The van der Waals surface area contributed by atoms with Crippen molar-refractivity contribution in [3.05, 3.63) is 95.2 Å². The number of ketones is 1. The molecule has 8 nitrogen and oxygen atoms in total. The van der Waals surface area contributed by atoms with E-state index in [0.29, 0.717) is 12.3 Å². The van der Waals surface area contributed by atoms with E-state index in [4.69, 9.17) is 14.1 Å². The number of Topliss-reactive ketones (excluding diaryl/α,β-unsaturated/α-hetero) is 1. The van der Waals surface area contributed by atoms with E-state index in [1.54, 1.807) is 13.2 Å². The molecule has 0 spiro atoms. The van der Waals surface area contributed by atoms with E-state index in [1.807, 2.05) is 66.7 Å². The van der Waals surface area contributed by atoms with Crippen molar-refractivity contribution in [2.45, 2.75) is 19.2 Å². The Balaban J connectivity index is 1.46. The number of aliphatic imine (C=N–C) groups is 1. The third-order valence-electron chi connectivity index (χ3n) is 5.25. The predicted molar refractivity (Wildman–Crippen MR) is 123 cm³/mol. The van der Waals surface area contributed by atoms with Crippen LogP contribution in [-0.2, 0) is 22.6 Å². The van der Waals surface area contributed by atoms with Gasteiger partial charge in [0.05, 0.1) is 18.0 Å². The number of hydrogen-bond donors (Lipinski definition) is 1. The van der Waals surface area contributed by atoms with Crippen LogP contribution in [0, 0.1) is 0 Å². The van der Waals surface area contributed by atoms with Crippen LogP contribution in [0.1, 0.15) is 22.4 Å². The number of nitrogens with one attached hydrogen (secondary N) is 1. The molecule has 2 aromatic carbocycles. The number of ether oxygens (including phenoxy) is 1. The Hall–Kier alpha value is -4.17. The van der Waals surface area contributed by atoms with Crippen molar-refractivity contribution in [3.8, 4) is 11.6 Å². The lowest BCUT2D eigenvalue weighted by molar-refractivity contribution is -0.119. The molecule has 1 unspecified atom stereocenters. The highest BCUT2D eigenvalue weighted by Gasteiger charge is 2.27. The number of carbonyl (C=O) groups excluding carboxylic acids is 1. The van der Waals surface area contributed by atoms with E-state index >= 15 is 0 Å². The van der Waals surface area contributed by atoms with Gasteiger partial charge in [0.2, 0.25) is 0 Å². The van der Waals surface area contributed by atoms with Gasteiger partial charge in [-0.2, -0.15) is 0 Å². The highest BCUT2D eigenvalue weighted by molar-refractivity contribution is 6.16. The minimum atomic E-state index is -0.867. The van der Waals surface area contributed by atoms with Gasteiger partial charge in [0.25, 0.3) is 5.89 Å². The number of nitrogens with zero attached hydrogens (tertiary/aromatic N) is 4. The highest BCUT2D eigenvalue weighted by Crippen LogP contribution is 2.24. The summed E-state index contributed by atoms with van der Waals surface area (Å²) in [7, 11) is 1.61. The van der Waals surface area contributed by atoms with Crippen LogP contribution in [0.2, 0.25) is 0 Å². The Morgan fingerprint density at radius 1 is 1.00 bits per heavy atom. The van der Waals surface area contributed by atoms with Crippen molar-refractivity contribution in [1.29, 1.82) is 0 Å². The average molecular weight is 439 g/mol. The molecule has 0 aliphatic carbocycles. The van der Waals surface area contributed by atoms with Gasteiger partial charge in [-0.15, -0.1) is 5.10 Å². The Morgan fingerprint density at radius 3 is 2.67 bits per heavy atom. The van der Waals surface area contributed by atoms with E-state index in [2.05, 4.69) is 20.5 Å². The maximum absolute atomic E-state index is 13.1. The van der Waals surface area contributed by atoms with Gasteiger partial charge in [0.1, 0.15) is 5.69 Å². The zero-order valence-corrected chi connectivity index (χ0v) is 17.9. The Kier molecular flexibility index (Phi) is 5.73. The molecule has 33 heavy (non-hydrogen) atoms. The first-order valence-corrected chi connectivity index (χ1v) is 10.5. The fourth-order valence-corrected chi connectivity index (χ4v) is 3.73. The van der Waals surface area contributed by atoms with Crippen LogP contribution in [0.25, 0.3) is 11.6 Å². The second-order valence-corrected chi connectivity index (χ2v) is 7.55. The van der Waals surface area contributed by atoms with Gasteiger partial charge in [-0.05, 0) is 17.7 Å². The van der Waals surface area contributed by atoms with E-state index in [9.17, 15) is 4.79 Å². The lowest BCUT2D eigenvalue weighted by atomic mass is 9.96. The van der Waals surface area contributed by atoms with Crippen molar-refractivity contribution >= 4 is 17.5 Å². The Bertz CT molecular complexity index is 1320. The summed E-state index contributed by atoms with van der Waals surface area (Å²) in [6.07, 6.45) is -0.622. The van der Waals surface area contributed by atoms with Gasteiger partial charge in [-0.3, -0.25) is 9.79 Å². The third-order valence-corrected chi connectivity index (χ3v) is 5.25. The van der Waals surface area contributed by atoms with Crippen LogP contribution in [0.3, 0.4) is 0 Å². The molecule has 0 radical (unpaired) electrons. The largest absolute Gasteiger partial charge is 0.402 e. The quantitative estimate of drug-likeness (QED) is 0.489. The smallest absolute Gasteiger partial charge is 0.317 e. The summed E-state index contributed by atoms with van der Waals surface area (Å²) in [6, 6.07) is 23.2. The van der Waals surface area contributed by atoms with E-state index in [1.165, 1.54) is 0 Å². The first kappa shape index (κ1) is 20.7. The molecular weight excluding hydrogens is 418 g/mol. The van der Waals surface area contributed by atoms with E-state index in [0.717, 1.165) is 28.1 Å². The first-order valence-electron chi connectivity index (χ1n) is 10.5. The molecule has 1 atom stereocenters. The molecule has 1 N–H and O–H groups in total. The Morgan fingerprint density at radius 2 is 1.82 bits per heavy atom. The first-order chi connectivity index (χ1) is 16.2.